The Morgan fingerprint density at radius 1 is 1.05 bits per heavy atom. The highest BCUT2D eigenvalue weighted by Crippen LogP contribution is 2.28. The van der Waals surface area contributed by atoms with Crippen LogP contribution in [0.15, 0.2) is 36.4 Å². The van der Waals surface area contributed by atoms with Gasteiger partial charge in [0.1, 0.15) is 5.75 Å². The minimum atomic E-state index is 0.769. The highest BCUT2D eigenvalue weighted by Gasteiger charge is 2.08. The molecule has 0 aliphatic heterocycles. The zero-order valence-electron chi connectivity index (χ0n) is 13.1. The predicted octanol–water partition coefficient (Wildman–Crippen LogP) is 3.33. The predicted molar refractivity (Wildman–Crippen MR) is 90.0 cm³/mol. The SMILES string of the molecule is CCCOc1ccc2ccccc2c1CNCCCNC. The maximum Gasteiger partial charge on any atom is 0.124 e. The van der Waals surface area contributed by atoms with Gasteiger partial charge in [-0.05, 0) is 49.8 Å². The monoisotopic (exact) mass is 286 g/mol. The van der Waals surface area contributed by atoms with Crippen LogP contribution in [0.2, 0.25) is 0 Å². The Hall–Kier alpha value is -1.58. The van der Waals surface area contributed by atoms with Crippen LogP contribution in [-0.4, -0.2) is 26.7 Å². The van der Waals surface area contributed by atoms with Gasteiger partial charge in [0.15, 0.2) is 0 Å². The molecule has 2 aromatic carbocycles. The van der Waals surface area contributed by atoms with Crippen molar-refractivity contribution < 1.29 is 4.74 Å². The van der Waals surface area contributed by atoms with E-state index in [2.05, 4.69) is 54.0 Å². The lowest BCUT2D eigenvalue weighted by atomic mass is 10.0. The molecule has 0 radical (unpaired) electrons. The van der Waals surface area contributed by atoms with Crippen molar-refractivity contribution in [2.45, 2.75) is 26.3 Å². The molecule has 0 heterocycles. The van der Waals surface area contributed by atoms with Crippen LogP contribution in [-0.2, 0) is 6.54 Å². The van der Waals surface area contributed by atoms with Gasteiger partial charge in [0.25, 0.3) is 0 Å². The molecule has 21 heavy (non-hydrogen) atoms. The number of hydrogen-bond donors (Lipinski definition) is 2. The Kier molecular flexibility index (Phi) is 6.51. The van der Waals surface area contributed by atoms with E-state index < -0.39 is 0 Å². The van der Waals surface area contributed by atoms with E-state index in [4.69, 9.17) is 4.74 Å². The molecule has 2 N–H and O–H groups in total. The lowest BCUT2D eigenvalue weighted by molar-refractivity contribution is 0.314. The zero-order valence-corrected chi connectivity index (χ0v) is 13.1. The molecule has 0 fully saturated rings. The minimum absolute atomic E-state index is 0.769. The lowest BCUT2D eigenvalue weighted by Gasteiger charge is -2.15. The zero-order chi connectivity index (χ0) is 14.9. The molecule has 2 aromatic rings. The Bertz CT molecular complexity index is 554. The van der Waals surface area contributed by atoms with E-state index in [1.54, 1.807) is 0 Å². The number of benzene rings is 2. The Morgan fingerprint density at radius 2 is 1.90 bits per heavy atom. The summed E-state index contributed by atoms with van der Waals surface area (Å²) in [4.78, 5) is 0. The van der Waals surface area contributed by atoms with Gasteiger partial charge in [-0.3, -0.25) is 0 Å². The van der Waals surface area contributed by atoms with Crippen molar-refractivity contribution in [1.29, 1.82) is 0 Å². The molecule has 3 heteroatoms. The summed E-state index contributed by atoms with van der Waals surface area (Å²) in [7, 11) is 1.99. The second kappa shape index (κ2) is 8.65. The fourth-order valence-corrected chi connectivity index (χ4v) is 2.45. The van der Waals surface area contributed by atoms with Gasteiger partial charge in [0.05, 0.1) is 6.61 Å². The summed E-state index contributed by atoms with van der Waals surface area (Å²) in [6.45, 7) is 5.81. The molecule has 3 nitrogen and oxygen atoms in total. The van der Waals surface area contributed by atoms with Crippen LogP contribution in [0.1, 0.15) is 25.3 Å². The highest BCUT2D eigenvalue weighted by molar-refractivity contribution is 5.87. The van der Waals surface area contributed by atoms with E-state index in [1.165, 1.54) is 16.3 Å². The second-order valence-electron chi connectivity index (χ2n) is 5.25. The van der Waals surface area contributed by atoms with Gasteiger partial charge in [-0.25, -0.2) is 0 Å². The fraction of sp³-hybridized carbons (Fsp3) is 0.444. The molecule has 114 valence electrons. The number of ether oxygens (including phenoxy) is 1. The standard InChI is InChI=1S/C18H26N2O/c1-3-13-21-18-10-9-15-7-4-5-8-16(15)17(18)14-20-12-6-11-19-2/h4-5,7-10,19-20H,3,6,11-14H2,1-2H3. The molecule has 0 unspecified atom stereocenters. The summed E-state index contributed by atoms with van der Waals surface area (Å²) in [6, 6.07) is 12.8. The van der Waals surface area contributed by atoms with Crippen molar-refractivity contribution in [3.8, 4) is 5.75 Å². The van der Waals surface area contributed by atoms with Crippen LogP contribution in [0, 0.1) is 0 Å². The topological polar surface area (TPSA) is 33.3 Å². The van der Waals surface area contributed by atoms with E-state index in [0.717, 1.165) is 44.8 Å². The summed E-state index contributed by atoms with van der Waals surface area (Å²) in [5.74, 6) is 1.01. The van der Waals surface area contributed by atoms with Crippen molar-refractivity contribution in [2.75, 3.05) is 26.7 Å². The lowest BCUT2D eigenvalue weighted by Crippen LogP contribution is -2.20. The molecule has 2 rings (SSSR count). The first-order chi connectivity index (χ1) is 10.4. The molecule has 0 bridgehead atoms. The molecule has 0 aliphatic carbocycles. The summed E-state index contributed by atoms with van der Waals surface area (Å²) in [5.41, 5.74) is 1.27. The Balaban J connectivity index is 2.15. The quantitative estimate of drug-likeness (QED) is 0.694. The summed E-state index contributed by atoms with van der Waals surface area (Å²) >= 11 is 0. The summed E-state index contributed by atoms with van der Waals surface area (Å²) in [5, 5.41) is 9.25. The van der Waals surface area contributed by atoms with Gasteiger partial charge in [0, 0.05) is 12.1 Å². The van der Waals surface area contributed by atoms with Crippen molar-refractivity contribution in [3.63, 3.8) is 0 Å². The van der Waals surface area contributed by atoms with Gasteiger partial charge >= 0.3 is 0 Å². The third-order valence-corrected chi connectivity index (χ3v) is 3.54. The molecule has 0 saturated heterocycles. The van der Waals surface area contributed by atoms with E-state index in [0.29, 0.717) is 0 Å². The van der Waals surface area contributed by atoms with Gasteiger partial charge in [-0.15, -0.1) is 0 Å². The Morgan fingerprint density at radius 3 is 2.71 bits per heavy atom. The average Bonchev–Trinajstić information content (AvgIpc) is 2.53. The average molecular weight is 286 g/mol. The van der Waals surface area contributed by atoms with Gasteiger partial charge in [-0.2, -0.15) is 0 Å². The normalized spacial score (nSPS) is 11.0. The van der Waals surface area contributed by atoms with Gasteiger partial charge in [-0.1, -0.05) is 37.3 Å². The first kappa shape index (κ1) is 15.8. The van der Waals surface area contributed by atoms with Crippen LogP contribution < -0.4 is 15.4 Å². The van der Waals surface area contributed by atoms with E-state index in [9.17, 15) is 0 Å². The number of nitrogens with one attached hydrogen (secondary N) is 2. The maximum absolute atomic E-state index is 5.92. The van der Waals surface area contributed by atoms with Crippen LogP contribution in [0.3, 0.4) is 0 Å². The molecular weight excluding hydrogens is 260 g/mol. The molecule has 0 spiro atoms. The fourth-order valence-electron chi connectivity index (χ4n) is 2.45. The summed E-state index contributed by atoms with van der Waals surface area (Å²) in [6.07, 6.45) is 2.16. The first-order valence-corrected chi connectivity index (χ1v) is 7.85. The Labute approximate surface area is 127 Å². The second-order valence-corrected chi connectivity index (χ2v) is 5.25. The minimum Gasteiger partial charge on any atom is -0.493 e. The largest absolute Gasteiger partial charge is 0.493 e. The third-order valence-electron chi connectivity index (χ3n) is 3.54. The van der Waals surface area contributed by atoms with Gasteiger partial charge < -0.3 is 15.4 Å². The van der Waals surface area contributed by atoms with E-state index >= 15 is 0 Å². The van der Waals surface area contributed by atoms with Crippen LogP contribution in [0.25, 0.3) is 10.8 Å². The first-order valence-electron chi connectivity index (χ1n) is 7.85. The number of hydrogen-bond acceptors (Lipinski definition) is 3. The highest BCUT2D eigenvalue weighted by atomic mass is 16.5. The van der Waals surface area contributed by atoms with Crippen LogP contribution in [0.5, 0.6) is 5.75 Å². The molecule has 0 aliphatic rings. The molecule has 0 atom stereocenters. The van der Waals surface area contributed by atoms with Crippen molar-refractivity contribution in [1.82, 2.24) is 10.6 Å². The number of fused-ring (bicyclic) bond motifs is 1. The number of rotatable bonds is 9. The molecular formula is C18H26N2O. The molecule has 0 saturated carbocycles. The van der Waals surface area contributed by atoms with Gasteiger partial charge in [0.2, 0.25) is 0 Å². The van der Waals surface area contributed by atoms with Crippen LogP contribution >= 0.6 is 0 Å². The van der Waals surface area contributed by atoms with E-state index in [-0.39, 0.29) is 0 Å². The summed E-state index contributed by atoms with van der Waals surface area (Å²) < 4.78 is 5.92. The van der Waals surface area contributed by atoms with Crippen molar-refractivity contribution in [2.24, 2.45) is 0 Å². The van der Waals surface area contributed by atoms with Crippen molar-refractivity contribution in [3.05, 3.63) is 42.0 Å². The third kappa shape index (κ3) is 4.45. The smallest absolute Gasteiger partial charge is 0.124 e. The molecule has 0 aromatic heterocycles. The molecule has 0 amide bonds. The van der Waals surface area contributed by atoms with Crippen LogP contribution in [0.4, 0.5) is 0 Å². The van der Waals surface area contributed by atoms with E-state index in [1.807, 2.05) is 7.05 Å². The van der Waals surface area contributed by atoms with Crippen molar-refractivity contribution >= 4 is 10.8 Å². The maximum atomic E-state index is 5.92.